The highest BCUT2D eigenvalue weighted by molar-refractivity contribution is 9.09. The van der Waals surface area contributed by atoms with E-state index in [1.807, 2.05) is 30.3 Å². The molecule has 154 valence electrons. The Kier molecular flexibility index (Phi) is 6.60. The van der Waals surface area contributed by atoms with Crippen molar-refractivity contribution in [2.45, 2.75) is 68.5 Å². The van der Waals surface area contributed by atoms with Gasteiger partial charge < -0.3 is 14.5 Å². The summed E-state index contributed by atoms with van der Waals surface area (Å²) < 4.78 is 1.73. The highest BCUT2D eigenvalue weighted by Gasteiger charge is 2.69. The average Bonchev–Trinajstić information content (AvgIpc) is 2.60. The second kappa shape index (κ2) is 8.11. The SMILES string of the molecule is CC(C)(C)[Si](C)(C)N1C(=O)[C@H](CCC(Br)C=O)[C@@]1(Cc1ccccc1)C(=O)O. The highest BCUT2D eigenvalue weighted by atomic mass is 79.9. The van der Waals surface area contributed by atoms with Gasteiger partial charge in [-0.25, -0.2) is 4.79 Å². The van der Waals surface area contributed by atoms with E-state index in [9.17, 15) is 19.5 Å². The first kappa shape index (κ1) is 22.8. The molecule has 0 saturated carbocycles. The van der Waals surface area contributed by atoms with Crippen LogP contribution in [0.1, 0.15) is 39.2 Å². The molecule has 1 unspecified atom stereocenters. The van der Waals surface area contributed by atoms with Crippen LogP contribution in [0.5, 0.6) is 0 Å². The molecule has 1 saturated heterocycles. The van der Waals surface area contributed by atoms with E-state index in [2.05, 4.69) is 49.8 Å². The molecule has 0 bridgehead atoms. The van der Waals surface area contributed by atoms with Gasteiger partial charge in [0.2, 0.25) is 5.91 Å². The molecule has 1 aliphatic rings. The van der Waals surface area contributed by atoms with Crippen LogP contribution in [0.15, 0.2) is 30.3 Å². The number of carboxylic acid groups (broad SMARTS) is 1. The molecule has 2 rings (SSSR count). The third kappa shape index (κ3) is 3.83. The van der Waals surface area contributed by atoms with Crippen molar-refractivity contribution < 1.29 is 19.5 Å². The first-order valence-electron chi connectivity index (χ1n) is 9.60. The Morgan fingerprint density at radius 3 is 2.36 bits per heavy atom. The maximum absolute atomic E-state index is 13.3. The van der Waals surface area contributed by atoms with Crippen LogP contribution >= 0.6 is 15.9 Å². The van der Waals surface area contributed by atoms with Gasteiger partial charge >= 0.3 is 5.97 Å². The minimum atomic E-state index is -2.42. The van der Waals surface area contributed by atoms with Crippen molar-refractivity contribution in [1.82, 2.24) is 4.57 Å². The summed E-state index contributed by atoms with van der Waals surface area (Å²) in [5.74, 6) is -1.67. The summed E-state index contributed by atoms with van der Waals surface area (Å²) >= 11 is 3.27. The minimum Gasteiger partial charge on any atom is -0.479 e. The third-order valence-electron chi connectivity index (χ3n) is 6.45. The standard InChI is InChI=1S/C21H30BrNO4Si/c1-20(2,3)28(4,5)23-18(25)17(12-11-16(22)14-24)21(23,19(26)27)13-15-9-7-6-8-10-15/h6-10,14,16-17H,11-13H2,1-5H3,(H,26,27)/t16?,17-,21-/m0/s1. The van der Waals surface area contributed by atoms with Crippen molar-refractivity contribution in [2.24, 2.45) is 5.92 Å². The predicted molar refractivity (Wildman–Crippen MR) is 116 cm³/mol. The van der Waals surface area contributed by atoms with Gasteiger partial charge in [0, 0.05) is 6.42 Å². The van der Waals surface area contributed by atoms with Gasteiger partial charge in [-0.3, -0.25) is 4.79 Å². The number of carboxylic acids is 1. The number of halogens is 1. The van der Waals surface area contributed by atoms with Gasteiger partial charge in [-0.15, -0.1) is 0 Å². The lowest BCUT2D eigenvalue weighted by Gasteiger charge is -2.63. The van der Waals surface area contributed by atoms with Gasteiger partial charge in [0.05, 0.1) is 10.7 Å². The molecule has 3 atom stereocenters. The van der Waals surface area contributed by atoms with E-state index in [-0.39, 0.29) is 22.2 Å². The second-order valence-electron chi connectivity index (χ2n) is 9.16. The Morgan fingerprint density at radius 1 is 1.32 bits per heavy atom. The number of nitrogens with zero attached hydrogens (tertiary/aromatic N) is 1. The van der Waals surface area contributed by atoms with Gasteiger partial charge in [-0.1, -0.05) is 80.1 Å². The fourth-order valence-electron chi connectivity index (χ4n) is 3.94. The number of aliphatic carboxylic acids is 1. The fraction of sp³-hybridized carbons (Fsp3) is 0.571. The molecule has 1 amide bonds. The highest BCUT2D eigenvalue weighted by Crippen LogP contribution is 2.52. The normalized spacial score (nSPS) is 23.9. The van der Waals surface area contributed by atoms with Gasteiger partial charge in [0.1, 0.15) is 11.8 Å². The molecular weight excluding hydrogens is 438 g/mol. The molecule has 1 heterocycles. The van der Waals surface area contributed by atoms with Gasteiger partial charge in [0.15, 0.2) is 8.24 Å². The van der Waals surface area contributed by atoms with Gasteiger partial charge in [-0.05, 0) is 23.4 Å². The van der Waals surface area contributed by atoms with E-state index in [1.54, 1.807) is 4.57 Å². The summed E-state index contributed by atoms with van der Waals surface area (Å²) in [6.45, 7) is 10.4. The Balaban J connectivity index is 2.53. The zero-order valence-electron chi connectivity index (χ0n) is 17.2. The molecule has 1 aromatic carbocycles. The van der Waals surface area contributed by atoms with Crippen molar-refractivity contribution in [3.63, 3.8) is 0 Å². The number of rotatable bonds is 8. The van der Waals surface area contributed by atoms with E-state index in [1.165, 1.54) is 0 Å². The second-order valence-corrected chi connectivity index (χ2v) is 15.4. The summed E-state index contributed by atoms with van der Waals surface area (Å²) in [6, 6.07) is 9.49. The molecule has 0 aromatic heterocycles. The molecule has 28 heavy (non-hydrogen) atoms. The van der Waals surface area contributed by atoms with Crippen molar-refractivity contribution in [2.75, 3.05) is 0 Å². The van der Waals surface area contributed by atoms with Crippen molar-refractivity contribution >= 4 is 42.3 Å². The number of amides is 1. The van der Waals surface area contributed by atoms with E-state index in [4.69, 9.17) is 0 Å². The zero-order valence-corrected chi connectivity index (χ0v) is 19.8. The lowest BCUT2D eigenvalue weighted by atomic mass is 9.69. The topological polar surface area (TPSA) is 74.7 Å². The minimum absolute atomic E-state index is 0.0875. The number of carbonyl (C=O) groups excluding carboxylic acids is 2. The zero-order chi connectivity index (χ0) is 21.3. The monoisotopic (exact) mass is 467 g/mol. The first-order chi connectivity index (χ1) is 12.9. The van der Waals surface area contributed by atoms with Crippen LogP contribution in [0.25, 0.3) is 0 Å². The van der Waals surface area contributed by atoms with Crippen LogP contribution in [-0.2, 0) is 20.8 Å². The largest absolute Gasteiger partial charge is 0.479 e. The fourth-order valence-corrected chi connectivity index (χ4v) is 6.91. The molecule has 0 radical (unpaired) electrons. The molecular formula is C21H30BrNO4Si. The van der Waals surface area contributed by atoms with E-state index in [0.717, 1.165) is 11.8 Å². The number of β-lactam (4-membered cyclic amide) rings is 1. The number of hydrogen-bond acceptors (Lipinski definition) is 3. The van der Waals surface area contributed by atoms with Crippen LogP contribution in [0, 0.1) is 5.92 Å². The predicted octanol–water partition coefficient (Wildman–Crippen LogP) is 4.26. The van der Waals surface area contributed by atoms with E-state index in [0.29, 0.717) is 12.8 Å². The Labute approximate surface area is 176 Å². The molecule has 1 aliphatic heterocycles. The Morgan fingerprint density at radius 2 is 1.89 bits per heavy atom. The lowest BCUT2D eigenvalue weighted by Crippen LogP contribution is -2.83. The van der Waals surface area contributed by atoms with Crippen LogP contribution in [0.3, 0.4) is 0 Å². The Bertz CT molecular complexity index is 747. The van der Waals surface area contributed by atoms with Gasteiger partial charge in [-0.2, -0.15) is 0 Å². The summed E-state index contributed by atoms with van der Waals surface area (Å²) in [7, 11) is -2.42. The molecule has 1 N–H and O–H groups in total. The van der Waals surface area contributed by atoms with Gasteiger partial charge in [0.25, 0.3) is 0 Å². The molecule has 0 spiro atoms. The number of carbonyl (C=O) groups is 3. The third-order valence-corrected chi connectivity index (χ3v) is 12.5. The van der Waals surface area contributed by atoms with Crippen LogP contribution in [0.4, 0.5) is 0 Å². The van der Waals surface area contributed by atoms with Crippen molar-refractivity contribution in [3.8, 4) is 0 Å². The van der Waals surface area contributed by atoms with Crippen LogP contribution in [-0.4, -0.2) is 46.4 Å². The maximum atomic E-state index is 13.3. The Hall–Kier alpha value is -1.47. The molecule has 7 heteroatoms. The number of hydrogen-bond donors (Lipinski definition) is 1. The molecule has 1 fully saturated rings. The average molecular weight is 468 g/mol. The number of aldehydes is 1. The molecule has 0 aliphatic carbocycles. The quantitative estimate of drug-likeness (QED) is 0.268. The molecule has 5 nitrogen and oxygen atoms in total. The van der Waals surface area contributed by atoms with E-state index >= 15 is 0 Å². The summed E-state index contributed by atoms with van der Waals surface area (Å²) in [4.78, 5) is 36.6. The van der Waals surface area contributed by atoms with Crippen molar-refractivity contribution in [1.29, 1.82) is 0 Å². The summed E-state index contributed by atoms with van der Waals surface area (Å²) in [5.41, 5.74) is -0.367. The van der Waals surface area contributed by atoms with E-state index < -0.39 is 25.7 Å². The number of alkyl halides is 1. The first-order valence-corrected chi connectivity index (χ1v) is 13.5. The number of benzene rings is 1. The smallest absolute Gasteiger partial charge is 0.330 e. The summed E-state index contributed by atoms with van der Waals surface area (Å²) in [6.07, 6.45) is 1.88. The lowest BCUT2D eigenvalue weighted by molar-refractivity contribution is -0.179. The van der Waals surface area contributed by atoms with Crippen molar-refractivity contribution in [3.05, 3.63) is 35.9 Å². The van der Waals surface area contributed by atoms with Crippen LogP contribution in [0.2, 0.25) is 18.1 Å². The van der Waals surface area contributed by atoms with Crippen LogP contribution < -0.4 is 0 Å². The maximum Gasteiger partial charge on any atom is 0.330 e. The molecule has 1 aromatic rings. The summed E-state index contributed by atoms with van der Waals surface area (Å²) in [5, 5.41) is 10.2.